The molecular weight excluding hydrogens is 252 g/mol. The first-order valence-corrected chi connectivity index (χ1v) is 7.51. The second-order valence-corrected chi connectivity index (χ2v) is 5.86. The van der Waals surface area contributed by atoms with E-state index in [1.807, 2.05) is 12.3 Å². The number of anilines is 2. The van der Waals surface area contributed by atoms with Crippen LogP contribution in [-0.4, -0.2) is 66.2 Å². The number of nitrogens with one attached hydrogen (secondary N) is 2. The van der Waals surface area contributed by atoms with Crippen LogP contribution in [-0.2, 0) is 0 Å². The van der Waals surface area contributed by atoms with E-state index in [1.54, 1.807) is 0 Å². The van der Waals surface area contributed by atoms with Gasteiger partial charge in [0.15, 0.2) is 0 Å². The number of aromatic nitrogens is 2. The molecule has 2 saturated heterocycles. The molecule has 0 radical (unpaired) electrons. The van der Waals surface area contributed by atoms with Crippen molar-refractivity contribution in [2.24, 2.45) is 0 Å². The maximum Gasteiger partial charge on any atom is 0.227 e. The van der Waals surface area contributed by atoms with E-state index >= 15 is 0 Å². The molecule has 20 heavy (non-hydrogen) atoms. The molecule has 0 aromatic carbocycles. The standard InChI is InChI=1S/C14H24N6/c1-11(2)19-5-7-20(8-6-19)14-16-4-3-13(18-14)17-12-9-15-10-12/h3-4,11-12,15H,5-10H2,1-2H3,(H,16,17,18). The summed E-state index contributed by atoms with van der Waals surface area (Å²) in [5, 5.41) is 6.69. The molecule has 1 aromatic rings. The van der Waals surface area contributed by atoms with Crippen molar-refractivity contribution in [3.8, 4) is 0 Å². The minimum absolute atomic E-state index is 0.510. The van der Waals surface area contributed by atoms with Gasteiger partial charge in [-0.1, -0.05) is 0 Å². The van der Waals surface area contributed by atoms with Crippen LogP contribution < -0.4 is 15.5 Å². The summed E-state index contributed by atoms with van der Waals surface area (Å²) >= 11 is 0. The molecule has 2 fully saturated rings. The van der Waals surface area contributed by atoms with Crippen LogP contribution in [0, 0.1) is 0 Å². The fourth-order valence-electron chi connectivity index (χ4n) is 2.62. The summed E-state index contributed by atoms with van der Waals surface area (Å²) in [7, 11) is 0. The quantitative estimate of drug-likeness (QED) is 0.830. The van der Waals surface area contributed by atoms with E-state index in [2.05, 4.69) is 44.2 Å². The number of hydrogen-bond acceptors (Lipinski definition) is 6. The van der Waals surface area contributed by atoms with Crippen LogP contribution in [0.4, 0.5) is 11.8 Å². The predicted octanol–water partition coefficient (Wildman–Crippen LogP) is 0.391. The Bertz CT molecular complexity index is 437. The van der Waals surface area contributed by atoms with E-state index < -0.39 is 0 Å². The average molecular weight is 276 g/mol. The molecule has 6 nitrogen and oxygen atoms in total. The van der Waals surface area contributed by atoms with Crippen LogP contribution in [0.5, 0.6) is 0 Å². The summed E-state index contributed by atoms with van der Waals surface area (Å²) in [6.45, 7) is 10.7. The molecule has 0 spiro atoms. The zero-order valence-electron chi connectivity index (χ0n) is 12.3. The molecule has 2 N–H and O–H groups in total. The topological polar surface area (TPSA) is 56.3 Å². The van der Waals surface area contributed by atoms with Gasteiger partial charge in [-0.25, -0.2) is 4.98 Å². The van der Waals surface area contributed by atoms with Gasteiger partial charge in [0.25, 0.3) is 0 Å². The summed E-state index contributed by atoms with van der Waals surface area (Å²) < 4.78 is 0. The Balaban J connectivity index is 1.60. The lowest BCUT2D eigenvalue weighted by atomic mass is 10.2. The van der Waals surface area contributed by atoms with Gasteiger partial charge in [-0.2, -0.15) is 4.98 Å². The van der Waals surface area contributed by atoms with Crippen molar-refractivity contribution < 1.29 is 0 Å². The Hall–Kier alpha value is -1.40. The third-order valence-electron chi connectivity index (χ3n) is 4.10. The van der Waals surface area contributed by atoms with Crippen molar-refractivity contribution in [3.63, 3.8) is 0 Å². The SMILES string of the molecule is CC(C)N1CCN(c2nccc(NC3CNC3)n2)CC1. The Morgan fingerprint density at radius 2 is 2.00 bits per heavy atom. The van der Waals surface area contributed by atoms with Crippen molar-refractivity contribution in [1.82, 2.24) is 20.2 Å². The van der Waals surface area contributed by atoms with Gasteiger partial charge >= 0.3 is 0 Å². The first-order chi connectivity index (χ1) is 9.72. The van der Waals surface area contributed by atoms with Gasteiger partial charge in [-0.3, -0.25) is 4.90 Å². The van der Waals surface area contributed by atoms with E-state index in [4.69, 9.17) is 0 Å². The second-order valence-electron chi connectivity index (χ2n) is 5.86. The van der Waals surface area contributed by atoms with E-state index in [0.717, 1.165) is 51.0 Å². The predicted molar refractivity (Wildman–Crippen MR) is 81.2 cm³/mol. The maximum absolute atomic E-state index is 4.65. The Labute approximate surface area is 120 Å². The van der Waals surface area contributed by atoms with E-state index in [9.17, 15) is 0 Å². The normalized spacial score (nSPS) is 21.1. The molecule has 1 aromatic heterocycles. The monoisotopic (exact) mass is 276 g/mol. The third-order valence-corrected chi connectivity index (χ3v) is 4.10. The highest BCUT2D eigenvalue weighted by molar-refractivity contribution is 5.42. The zero-order valence-corrected chi connectivity index (χ0v) is 12.3. The average Bonchev–Trinajstić information content (AvgIpc) is 2.43. The van der Waals surface area contributed by atoms with Crippen molar-refractivity contribution in [1.29, 1.82) is 0 Å². The molecule has 2 aliphatic rings. The van der Waals surface area contributed by atoms with Crippen molar-refractivity contribution >= 4 is 11.8 Å². The highest BCUT2D eigenvalue weighted by atomic mass is 15.3. The molecule has 3 rings (SSSR count). The third kappa shape index (κ3) is 3.02. The lowest BCUT2D eigenvalue weighted by Crippen LogP contribution is -2.51. The Morgan fingerprint density at radius 3 is 2.60 bits per heavy atom. The summed E-state index contributed by atoms with van der Waals surface area (Å²) in [6, 6.07) is 3.08. The molecule has 0 atom stereocenters. The van der Waals surface area contributed by atoms with Crippen molar-refractivity contribution in [2.75, 3.05) is 49.5 Å². The van der Waals surface area contributed by atoms with E-state index in [-0.39, 0.29) is 0 Å². The maximum atomic E-state index is 4.65. The summed E-state index contributed by atoms with van der Waals surface area (Å²) in [5.74, 6) is 1.79. The molecule has 2 aliphatic heterocycles. The largest absolute Gasteiger partial charge is 0.365 e. The molecule has 0 bridgehead atoms. The fraction of sp³-hybridized carbons (Fsp3) is 0.714. The summed E-state index contributed by atoms with van der Waals surface area (Å²) in [5.41, 5.74) is 0. The van der Waals surface area contributed by atoms with E-state index in [1.165, 1.54) is 0 Å². The molecule has 0 saturated carbocycles. The van der Waals surface area contributed by atoms with Gasteiger partial charge < -0.3 is 15.5 Å². The summed E-state index contributed by atoms with van der Waals surface area (Å²) in [6.07, 6.45) is 1.85. The van der Waals surface area contributed by atoms with Gasteiger partial charge in [0.2, 0.25) is 5.95 Å². The first-order valence-electron chi connectivity index (χ1n) is 7.51. The van der Waals surface area contributed by atoms with Gasteiger partial charge in [-0.05, 0) is 19.9 Å². The molecular formula is C14H24N6. The molecule has 3 heterocycles. The van der Waals surface area contributed by atoms with Gasteiger partial charge in [0.1, 0.15) is 5.82 Å². The van der Waals surface area contributed by atoms with Crippen LogP contribution in [0.3, 0.4) is 0 Å². The summed E-state index contributed by atoms with van der Waals surface area (Å²) in [4.78, 5) is 13.8. The lowest BCUT2D eigenvalue weighted by molar-refractivity contribution is 0.208. The lowest BCUT2D eigenvalue weighted by Gasteiger charge is -2.37. The minimum Gasteiger partial charge on any atom is -0.365 e. The first kappa shape index (κ1) is 13.6. The number of rotatable bonds is 4. The second kappa shape index (κ2) is 5.93. The van der Waals surface area contributed by atoms with Crippen LogP contribution in [0.1, 0.15) is 13.8 Å². The smallest absolute Gasteiger partial charge is 0.227 e. The molecule has 0 amide bonds. The van der Waals surface area contributed by atoms with Crippen LogP contribution in [0.25, 0.3) is 0 Å². The van der Waals surface area contributed by atoms with E-state index in [0.29, 0.717) is 12.1 Å². The highest BCUT2D eigenvalue weighted by Gasteiger charge is 2.21. The highest BCUT2D eigenvalue weighted by Crippen LogP contribution is 2.15. The zero-order chi connectivity index (χ0) is 13.9. The van der Waals surface area contributed by atoms with Gasteiger partial charge in [0, 0.05) is 51.5 Å². The van der Waals surface area contributed by atoms with Gasteiger partial charge in [0.05, 0.1) is 6.04 Å². The Kier molecular flexibility index (Phi) is 4.03. The molecule has 110 valence electrons. The number of hydrogen-bond donors (Lipinski definition) is 2. The van der Waals surface area contributed by atoms with Crippen LogP contribution in [0.2, 0.25) is 0 Å². The van der Waals surface area contributed by atoms with Crippen LogP contribution >= 0.6 is 0 Å². The molecule has 0 aliphatic carbocycles. The number of nitrogens with zero attached hydrogens (tertiary/aromatic N) is 4. The van der Waals surface area contributed by atoms with Crippen molar-refractivity contribution in [3.05, 3.63) is 12.3 Å². The fourth-order valence-corrected chi connectivity index (χ4v) is 2.62. The molecule has 6 heteroatoms. The van der Waals surface area contributed by atoms with Crippen molar-refractivity contribution in [2.45, 2.75) is 25.9 Å². The van der Waals surface area contributed by atoms with Crippen LogP contribution in [0.15, 0.2) is 12.3 Å². The van der Waals surface area contributed by atoms with Gasteiger partial charge in [-0.15, -0.1) is 0 Å². The minimum atomic E-state index is 0.510. The number of piperazine rings is 1. The molecule has 0 unspecified atom stereocenters. The Morgan fingerprint density at radius 1 is 1.25 bits per heavy atom.